The molecule has 2 amide bonds. The lowest BCUT2D eigenvalue weighted by Crippen LogP contribution is -2.50. The van der Waals surface area contributed by atoms with Crippen LogP contribution >= 0.6 is 11.6 Å². The van der Waals surface area contributed by atoms with E-state index >= 15 is 0 Å². The summed E-state index contributed by atoms with van der Waals surface area (Å²) in [6, 6.07) is 11.2. The lowest BCUT2D eigenvalue weighted by molar-refractivity contribution is -0.134. The number of hydrogen-bond acceptors (Lipinski definition) is 4. The lowest BCUT2D eigenvalue weighted by Gasteiger charge is -2.37. The number of benzene rings is 2. The van der Waals surface area contributed by atoms with Crippen molar-refractivity contribution in [3.8, 4) is 5.75 Å². The quantitative estimate of drug-likeness (QED) is 0.752. The average Bonchev–Trinajstić information content (AvgIpc) is 2.73. The van der Waals surface area contributed by atoms with Crippen LogP contribution in [0.15, 0.2) is 42.5 Å². The van der Waals surface area contributed by atoms with E-state index in [-0.39, 0.29) is 24.2 Å². The van der Waals surface area contributed by atoms with Gasteiger partial charge in [-0.15, -0.1) is 0 Å². The fraction of sp³-hybridized carbons (Fsp3) is 0.364. The smallest absolute Gasteiger partial charge is 0.262 e. The minimum Gasteiger partial charge on any atom is -0.481 e. The first kappa shape index (κ1) is 21.9. The van der Waals surface area contributed by atoms with Crippen molar-refractivity contribution < 1.29 is 18.7 Å². The zero-order valence-corrected chi connectivity index (χ0v) is 17.8. The third kappa shape index (κ3) is 5.42. The van der Waals surface area contributed by atoms with Gasteiger partial charge in [-0.25, -0.2) is 4.39 Å². The Kier molecular flexibility index (Phi) is 7.15. The second-order valence-corrected chi connectivity index (χ2v) is 7.83. The van der Waals surface area contributed by atoms with Gasteiger partial charge < -0.3 is 19.9 Å². The van der Waals surface area contributed by atoms with Gasteiger partial charge in [0, 0.05) is 37.1 Å². The number of hydrogen-bond donors (Lipinski definition) is 1. The van der Waals surface area contributed by atoms with E-state index in [4.69, 9.17) is 16.3 Å². The number of rotatable bonds is 6. The standard InChI is InChI=1S/C22H25ClFN3O3/c1-15(2)22(29)27-11-9-26(10-12-27)19-8-7-16(23)13-18(19)25-21(28)14-30-20-6-4-3-5-17(20)24/h3-8,13,15H,9-12,14H2,1-2H3,(H,25,28). The van der Waals surface area contributed by atoms with Gasteiger partial charge in [0.05, 0.1) is 11.4 Å². The molecule has 30 heavy (non-hydrogen) atoms. The van der Waals surface area contributed by atoms with Gasteiger partial charge >= 0.3 is 0 Å². The number of para-hydroxylation sites is 1. The minimum atomic E-state index is -0.525. The topological polar surface area (TPSA) is 61.9 Å². The number of nitrogens with zero attached hydrogens (tertiary/aromatic N) is 2. The molecule has 3 rings (SSSR count). The maximum absolute atomic E-state index is 13.7. The number of ether oxygens (including phenoxy) is 1. The maximum atomic E-state index is 13.7. The highest BCUT2D eigenvalue weighted by molar-refractivity contribution is 6.31. The van der Waals surface area contributed by atoms with E-state index in [1.54, 1.807) is 24.3 Å². The Labute approximate surface area is 180 Å². The average molecular weight is 434 g/mol. The molecule has 8 heteroatoms. The van der Waals surface area contributed by atoms with Crippen LogP contribution in [0.25, 0.3) is 0 Å². The molecule has 1 aliphatic rings. The number of carbonyl (C=O) groups is 2. The molecule has 6 nitrogen and oxygen atoms in total. The normalized spacial score (nSPS) is 14.0. The van der Waals surface area contributed by atoms with Gasteiger partial charge in [0.1, 0.15) is 0 Å². The number of carbonyl (C=O) groups excluding carboxylic acids is 2. The van der Waals surface area contributed by atoms with Gasteiger partial charge in [-0.3, -0.25) is 9.59 Å². The minimum absolute atomic E-state index is 0.0184. The molecule has 0 atom stereocenters. The van der Waals surface area contributed by atoms with Gasteiger partial charge in [-0.05, 0) is 30.3 Å². The Hall–Kier alpha value is -2.80. The van der Waals surface area contributed by atoms with Crippen molar-refractivity contribution in [2.45, 2.75) is 13.8 Å². The number of nitrogens with one attached hydrogen (secondary N) is 1. The van der Waals surface area contributed by atoms with Gasteiger partial charge in [0.15, 0.2) is 18.2 Å². The van der Waals surface area contributed by atoms with Gasteiger partial charge in [-0.2, -0.15) is 0 Å². The largest absolute Gasteiger partial charge is 0.481 e. The molecule has 1 fully saturated rings. The predicted octanol–water partition coefficient (Wildman–Crippen LogP) is 3.80. The highest BCUT2D eigenvalue weighted by Crippen LogP contribution is 2.30. The Morgan fingerprint density at radius 3 is 2.50 bits per heavy atom. The van der Waals surface area contributed by atoms with Crippen molar-refractivity contribution >= 4 is 34.8 Å². The second kappa shape index (κ2) is 9.80. The van der Waals surface area contributed by atoms with E-state index in [0.29, 0.717) is 36.9 Å². The Morgan fingerprint density at radius 1 is 1.13 bits per heavy atom. The third-order valence-corrected chi connectivity index (χ3v) is 5.09. The summed E-state index contributed by atoms with van der Waals surface area (Å²) in [5.41, 5.74) is 1.36. The lowest BCUT2D eigenvalue weighted by atomic mass is 10.1. The molecule has 2 aromatic carbocycles. The highest BCUT2D eigenvalue weighted by atomic mass is 35.5. The van der Waals surface area contributed by atoms with Crippen molar-refractivity contribution in [2.24, 2.45) is 5.92 Å². The molecule has 0 aromatic heterocycles. The van der Waals surface area contributed by atoms with Crippen LogP contribution in [0.1, 0.15) is 13.8 Å². The number of piperazine rings is 1. The molecule has 0 bridgehead atoms. The summed E-state index contributed by atoms with van der Waals surface area (Å²) >= 11 is 6.13. The maximum Gasteiger partial charge on any atom is 0.262 e. The van der Waals surface area contributed by atoms with E-state index in [1.807, 2.05) is 24.8 Å². The third-order valence-electron chi connectivity index (χ3n) is 4.85. The predicted molar refractivity (Wildman–Crippen MR) is 116 cm³/mol. The first-order valence-corrected chi connectivity index (χ1v) is 10.2. The molecule has 0 spiro atoms. The molecule has 0 unspecified atom stereocenters. The van der Waals surface area contributed by atoms with Crippen molar-refractivity contribution in [3.05, 3.63) is 53.3 Å². The van der Waals surface area contributed by atoms with Gasteiger partial charge in [0.25, 0.3) is 5.91 Å². The van der Waals surface area contributed by atoms with E-state index in [9.17, 15) is 14.0 Å². The fourth-order valence-electron chi connectivity index (χ4n) is 3.31. The molecule has 160 valence electrons. The summed E-state index contributed by atoms with van der Waals surface area (Å²) in [6.45, 7) is 5.98. The van der Waals surface area contributed by atoms with E-state index in [2.05, 4.69) is 10.2 Å². The Bertz CT molecular complexity index is 914. The SMILES string of the molecule is CC(C)C(=O)N1CCN(c2ccc(Cl)cc2NC(=O)COc2ccccc2F)CC1. The van der Waals surface area contributed by atoms with Crippen LogP contribution in [-0.4, -0.2) is 49.5 Å². The van der Waals surface area contributed by atoms with Crippen molar-refractivity contribution in [2.75, 3.05) is 43.0 Å². The number of amides is 2. The molecule has 1 aliphatic heterocycles. The summed E-state index contributed by atoms with van der Waals surface area (Å²) in [6.07, 6.45) is 0. The zero-order chi connectivity index (χ0) is 21.7. The molecule has 1 N–H and O–H groups in total. The summed E-state index contributed by atoms with van der Waals surface area (Å²) in [7, 11) is 0. The first-order valence-electron chi connectivity index (χ1n) is 9.85. The molecule has 0 aliphatic carbocycles. The van der Waals surface area contributed by atoms with Crippen LogP contribution < -0.4 is 15.0 Å². The summed E-state index contributed by atoms with van der Waals surface area (Å²) < 4.78 is 18.9. The van der Waals surface area contributed by atoms with Gasteiger partial charge in [-0.1, -0.05) is 37.6 Å². The van der Waals surface area contributed by atoms with E-state index in [1.165, 1.54) is 12.1 Å². The number of anilines is 2. The first-order chi connectivity index (χ1) is 14.3. The van der Waals surface area contributed by atoms with Crippen LogP contribution in [0.3, 0.4) is 0 Å². The summed E-state index contributed by atoms with van der Waals surface area (Å²) in [5, 5.41) is 3.28. The van der Waals surface area contributed by atoms with Crippen LogP contribution in [0.4, 0.5) is 15.8 Å². The molecule has 2 aromatic rings. The molecule has 0 saturated carbocycles. The van der Waals surface area contributed by atoms with Crippen LogP contribution in [0, 0.1) is 11.7 Å². The molecular weight excluding hydrogens is 409 g/mol. The van der Waals surface area contributed by atoms with E-state index < -0.39 is 11.7 Å². The zero-order valence-electron chi connectivity index (χ0n) is 17.0. The Balaban J connectivity index is 1.65. The molecule has 0 radical (unpaired) electrons. The van der Waals surface area contributed by atoms with Crippen molar-refractivity contribution in [1.82, 2.24) is 4.90 Å². The van der Waals surface area contributed by atoms with Crippen molar-refractivity contribution in [1.29, 1.82) is 0 Å². The summed E-state index contributed by atoms with van der Waals surface area (Å²) in [5.74, 6) is -0.816. The monoisotopic (exact) mass is 433 g/mol. The second-order valence-electron chi connectivity index (χ2n) is 7.40. The fourth-order valence-corrected chi connectivity index (χ4v) is 3.48. The number of halogens is 2. The van der Waals surface area contributed by atoms with Crippen molar-refractivity contribution in [3.63, 3.8) is 0 Å². The van der Waals surface area contributed by atoms with Crippen LogP contribution in [-0.2, 0) is 9.59 Å². The van der Waals surface area contributed by atoms with Gasteiger partial charge in [0.2, 0.25) is 5.91 Å². The molecular formula is C22H25ClFN3O3. The summed E-state index contributed by atoms with van der Waals surface area (Å²) in [4.78, 5) is 28.6. The van der Waals surface area contributed by atoms with Crippen LogP contribution in [0.5, 0.6) is 5.75 Å². The molecule has 1 heterocycles. The molecule has 1 saturated heterocycles. The van der Waals surface area contributed by atoms with E-state index in [0.717, 1.165) is 5.69 Å². The highest BCUT2D eigenvalue weighted by Gasteiger charge is 2.24. The van der Waals surface area contributed by atoms with Crippen LogP contribution in [0.2, 0.25) is 5.02 Å². The Morgan fingerprint density at radius 2 is 1.83 bits per heavy atom.